The lowest BCUT2D eigenvalue weighted by Crippen LogP contribution is -2.11. The predicted octanol–water partition coefficient (Wildman–Crippen LogP) is 7.84. The molecule has 0 saturated carbocycles. The minimum atomic E-state index is 0. The van der Waals surface area contributed by atoms with Gasteiger partial charge < -0.3 is 0 Å². The van der Waals surface area contributed by atoms with Gasteiger partial charge in [0.2, 0.25) is 0 Å². The van der Waals surface area contributed by atoms with Crippen LogP contribution in [-0.2, 0) is 10.8 Å². The molecule has 2 aromatic carbocycles. The van der Waals surface area contributed by atoms with Crippen molar-refractivity contribution in [1.82, 2.24) is 0 Å². The minimum Gasteiger partial charge on any atom is -0.0776 e. The second-order valence-corrected chi connectivity index (χ2v) is 9.10. The molecule has 2 rings (SSSR count). The lowest BCUT2D eigenvalue weighted by Gasteiger charge is -2.19. The first-order valence-corrected chi connectivity index (χ1v) is 8.98. The molecule has 0 amide bonds. The maximum Gasteiger partial charge on any atom is -0.0132 e. The number of hydrogen-bond acceptors (Lipinski definition) is 0. The molecule has 25 heavy (non-hydrogen) atoms. The van der Waals surface area contributed by atoms with Crippen molar-refractivity contribution in [3.8, 4) is 0 Å². The summed E-state index contributed by atoms with van der Waals surface area (Å²) in [6, 6.07) is 13.4. The molecule has 0 unspecified atom stereocenters. The molecule has 0 aliphatic heterocycles. The Kier molecular flexibility index (Phi) is 8.15. The smallest absolute Gasteiger partial charge is 0.0132 e. The second-order valence-electron chi connectivity index (χ2n) is 9.10. The molecule has 140 valence electrons. The highest BCUT2D eigenvalue weighted by Crippen LogP contribution is 2.24. The van der Waals surface area contributed by atoms with Crippen molar-refractivity contribution in [2.45, 2.75) is 87.5 Å². The number of benzene rings is 2. The van der Waals surface area contributed by atoms with E-state index in [-0.39, 0.29) is 18.3 Å². The molecular formula is C25H40. The van der Waals surface area contributed by atoms with Gasteiger partial charge >= 0.3 is 0 Å². The van der Waals surface area contributed by atoms with Crippen LogP contribution in [0, 0.1) is 27.7 Å². The largest absolute Gasteiger partial charge is 0.0776 e. The summed E-state index contributed by atoms with van der Waals surface area (Å²) >= 11 is 0. The van der Waals surface area contributed by atoms with Crippen molar-refractivity contribution in [2.24, 2.45) is 0 Å². The highest BCUT2D eigenvalue weighted by Gasteiger charge is 2.14. The maximum absolute atomic E-state index is 2.29. The highest BCUT2D eigenvalue weighted by atomic mass is 14.2. The van der Waals surface area contributed by atoms with Crippen LogP contribution >= 0.6 is 0 Å². The van der Waals surface area contributed by atoms with E-state index in [1.165, 1.54) is 33.4 Å². The van der Waals surface area contributed by atoms with Gasteiger partial charge in [-0.3, -0.25) is 0 Å². The molecule has 2 aromatic rings. The van der Waals surface area contributed by atoms with Crippen molar-refractivity contribution in [2.75, 3.05) is 0 Å². The average Bonchev–Trinajstić information content (AvgIpc) is 2.43. The van der Waals surface area contributed by atoms with Crippen LogP contribution in [0.3, 0.4) is 0 Å². The summed E-state index contributed by atoms with van der Waals surface area (Å²) < 4.78 is 0. The fourth-order valence-corrected chi connectivity index (χ4v) is 2.42. The monoisotopic (exact) mass is 340 g/mol. The van der Waals surface area contributed by atoms with Crippen LogP contribution in [0.5, 0.6) is 0 Å². The zero-order valence-corrected chi connectivity index (χ0v) is 17.5. The van der Waals surface area contributed by atoms with Gasteiger partial charge in [-0.2, -0.15) is 0 Å². The topological polar surface area (TPSA) is 0 Å². The third kappa shape index (κ3) is 7.06. The zero-order chi connectivity index (χ0) is 18.7. The van der Waals surface area contributed by atoms with Crippen LogP contribution < -0.4 is 0 Å². The van der Waals surface area contributed by atoms with Crippen LogP contribution in [0.1, 0.15) is 82.3 Å². The first kappa shape index (κ1) is 23.4. The van der Waals surface area contributed by atoms with Gasteiger partial charge in [0.15, 0.2) is 0 Å². The molecule has 0 aliphatic carbocycles. The van der Waals surface area contributed by atoms with E-state index in [2.05, 4.69) is 106 Å². The molecule has 0 heterocycles. The Balaban J connectivity index is 0.000000443. The Morgan fingerprint density at radius 1 is 0.480 bits per heavy atom. The summed E-state index contributed by atoms with van der Waals surface area (Å²) in [5.74, 6) is 0. The fraction of sp³-hybridized carbons (Fsp3) is 0.520. The van der Waals surface area contributed by atoms with Gasteiger partial charge in [0.25, 0.3) is 0 Å². The minimum absolute atomic E-state index is 0. The Morgan fingerprint density at radius 3 is 0.960 bits per heavy atom. The van der Waals surface area contributed by atoms with Crippen LogP contribution in [0.15, 0.2) is 36.4 Å². The van der Waals surface area contributed by atoms with E-state index in [9.17, 15) is 0 Å². The Hall–Kier alpha value is -1.56. The molecule has 0 fully saturated rings. The van der Waals surface area contributed by atoms with Crippen LogP contribution in [0.25, 0.3) is 0 Å². The maximum atomic E-state index is 2.29. The van der Waals surface area contributed by atoms with Crippen LogP contribution in [0.4, 0.5) is 0 Å². The van der Waals surface area contributed by atoms with Crippen LogP contribution in [-0.4, -0.2) is 0 Å². The molecule has 0 saturated heterocycles. The average molecular weight is 341 g/mol. The van der Waals surface area contributed by atoms with Gasteiger partial charge in [0.05, 0.1) is 0 Å². The van der Waals surface area contributed by atoms with Crippen molar-refractivity contribution < 1.29 is 0 Å². The number of aryl methyl sites for hydroxylation is 4. The SMILES string of the molecule is C.Cc1ccc(C(C)(C)C)cc1C.Cc1ccc(C(C)(C)C)cc1C. The lowest BCUT2D eigenvalue weighted by molar-refractivity contribution is 0.589. The van der Waals surface area contributed by atoms with E-state index in [0.717, 1.165) is 0 Å². The summed E-state index contributed by atoms with van der Waals surface area (Å²) in [7, 11) is 0. The Morgan fingerprint density at radius 2 is 0.760 bits per heavy atom. The molecule has 0 N–H and O–H groups in total. The molecule has 0 radical (unpaired) electrons. The van der Waals surface area contributed by atoms with E-state index in [0.29, 0.717) is 0 Å². The third-order valence-electron chi connectivity index (χ3n) is 4.75. The summed E-state index contributed by atoms with van der Waals surface area (Å²) in [4.78, 5) is 0. The van der Waals surface area contributed by atoms with Crippen molar-refractivity contribution >= 4 is 0 Å². The van der Waals surface area contributed by atoms with Crippen molar-refractivity contribution in [3.63, 3.8) is 0 Å². The van der Waals surface area contributed by atoms with Crippen LogP contribution in [0.2, 0.25) is 0 Å². The first-order chi connectivity index (χ1) is 10.8. The molecule has 0 nitrogen and oxygen atoms in total. The van der Waals surface area contributed by atoms with Gasteiger partial charge in [-0.05, 0) is 71.9 Å². The van der Waals surface area contributed by atoms with E-state index >= 15 is 0 Å². The zero-order valence-electron chi connectivity index (χ0n) is 17.5. The van der Waals surface area contributed by atoms with E-state index in [1.54, 1.807) is 0 Å². The van der Waals surface area contributed by atoms with Gasteiger partial charge in [0.1, 0.15) is 0 Å². The van der Waals surface area contributed by atoms with Gasteiger partial charge in [-0.15, -0.1) is 0 Å². The summed E-state index contributed by atoms with van der Waals surface area (Å²) in [5, 5.41) is 0. The Labute approximate surface area is 157 Å². The first-order valence-electron chi connectivity index (χ1n) is 8.98. The fourth-order valence-electron chi connectivity index (χ4n) is 2.42. The summed E-state index contributed by atoms with van der Waals surface area (Å²) in [5.41, 5.74) is 8.93. The molecule has 0 heteroatoms. The lowest BCUT2D eigenvalue weighted by atomic mass is 9.85. The van der Waals surface area contributed by atoms with Gasteiger partial charge in [0, 0.05) is 0 Å². The number of hydrogen-bond donors (Lipinski definition) is 0. The molecule has 0 aliphatic rings. The normalized spacial score (nSPS) is 11.3. The molecule has 0 aromatic heterocycles. The highest BCUT2D eigenvalue weighted by molar-refractivity contribution is 5.34. The van der Waals surface area contributed by atoms with Gasteiger partial charge in [-0.25, -0.2) is 0 Å². The van der Waals surface area contributed by atoms with E-state index < -0.39 is 0 Å². The predicted molar refractivity (Wildman–Crippen MR) is 116 cm³/mol. The van der Waals surface area contributed by atoms with E-state index in [1.807, 2.05) is 0 Å². The number of rotatable bonds is 0. The molecule has 0 atom stereocenters. The summed E-state index contributed by atoms with van der Waals surface area (Å²) in [6.07, 6.45) is 0. The molecule has 0 spiro atoms. The standard InChI is InChI=1S/2C12H18.CH4/c2*1-9-6-7-11(8-10(9)2)12(3,4)5;/h2*6-8H,1-5H3;1H4. The van der Waals surface area contributed by atoms with Gasteiger partial charge in [-0.1, -0.05) is 85.4 Å². The third-order valence-corrected chi connectivity index (χ3v) is 4.75. The second kappa shape index (κ2) is 8.70. The Bertz CT molecular complexity index is 615. The summed E-state index contributed by atoms with van der Waals surface area (Å²) in [6.45, 7) is 22.1. The quantitative estimate of drug-likeness (QED) is 0.458. The van der Waals surface area contributed by atoms with Crippen molar-refractivity contribution in [3.05, 3.63) is 69.8 Å². The van der Waals surface area contributed by atoms with E-state index in [4.69, 9.17) is 0 Å². The van der Waals surface area contributed by atoms with Crippen molar-refractivity contribution in [1.29, 1.82) is 0 Å². The molecular weight excluding hydrogens is 300 g/mol. The molecule has 0 bridgehead atoms.